The Morgan fingerprint density at radius 3 is 1.64 bits per heavy atom. The number of rotatable bonds is 3. The van der Waals surface area contributed by atoms with Gasteiger partial charge in [-0.05, 0) is 33.5 Å². The maximum Gasteiger partial charge on any atom is 0.424 e. The van der Waals surface area contributed by atoms with Crippen molar-refractivity contribution >= 4 is 8.32 Å². The van der Waals surface area contributed by atoms with Gasteiger partial charge in [0.15, 0.2) is 13.9 Å². The van der Waals surface area contributed by atoms with Crippen LogP contribution in [-0.2, 0) is 13.9 Å². The van der Waals surface area contributed by atoms with Gasteiger partial charge in [0, 0.05) is 7.11 Å². The Kier molecular flexibility index (Phi) is 4.50. The second-order valence-electron chi connectivity index (χ2n) is 6.40. The Morgan fingerprint density at radius 1 is 1.00 bits per heavy atom. The van der Waals surface area contributed by atoms with Gasteiger partial charge in [0.05, 0.1) is 0 Å². The summed E-state index contributed by atoms with van der Waals surface area (Å²) >= 11 is 0. The maximum absolute atomic E-state index is 12.8. The van der Waals surface area contributed by atoms with Crippen LogP contribution in [-0.4, -0.2) is 33.8 Å². The van der Waals surface area contributed by atoms with Crippen LogP contribution in [0.4, 0.5) is 26.3 Å². The molecule has 1 heterocycles. The standard InChI is InChI=1S/C12H18F6O3Si/c1-9(2)8(7(10(13,14)15)11(16,17)18)20-12(9,19-3)21-22(4,5)6/h1-6H3. The average molecular weight is 352 g/mol. The fourth-order valence-electron chi connectivity index (χ4n) is 2.15. The van der Waals surface area contributed by atoms with E-state index in [4.69, 9.17) is 13.9 Å². The summed E-state index contributed by atoms with van der Waals surface area (Å²) in [5.74, 6) is -3.19. The van der Waals surface area contributed by atoms with Crippen LogP contribution in [0.5, 0.6) is 0 Å². The normalized spacial score (nSPS) is 25.5. The number of methoxy groups -OCH3 is 1. The monoisotopic (exact) mass is 352 g/mol. The van der Waals surface area contributed by atoms with Crippen molar-refractivity contribution in [2.24, 2.45) is 5.41 Å². The first-order valence-electron chi connectivity index (χ1n) is 6.31. The molecule has 0 radical (unpaired) electrons. The molecule has 0 aromatic heterocycles. The number of hydrogen-bond donors (Lipinski definition) is 0. The van der Waals surface area contributed by atoms with E-state index in [0.29, 0.717) is 0 Å². The third-order valence-electron chi connectivity index (χ3n) is 3.07. The topological polar surface area (TPSA) is 27.7 Å². The largest absolute Gasteiger partial charge is 0.442 e. The minimum atomic E-state index is -5.59. The third kappa shape index (κ3) is 3.28. The second kappa shape index (κ2) is 5.13. The molecule has 1 rings (SSSR count). The molecular weight excluding hydrogens is 334 g/mol. The van der Waals surface area contributed by atoms with Crippen LogP contribution in [0.15, 0.2) is 11.3 Å². The van der Waals surface area contributed by atoms with Crippen LogP contribution in [0.2, 0.25) is 19.6 Å². The molecule has 0 amide bonds. The van der Waals surface area contributed by atoms with Gasteiger partial charge >= 0.3 is 18.3 Å². The molecule has 0 spiro atoms. The minimum absolute atomic E-state index is 1.11. The summed E-state index contributed by atoms with van der Waals surface area (Å²) in [6.45, 7) is 7.45. The first-order valence-corrected chi connectivity index (χ1v) is 9.72. The van der Waals surface area contributed by atoms with Crippen LogP contribution >= 0.6 is 0 Å². The van der Waals surface area contributed by atoms with Crippen molar-refractivity contribution in [3.63, 3.8) is 0 Å². The van der Waals surface area contributed by atoms with Gasteiger partial charge in [0.25, 0.3) is 0 Å². The Balaban J connectivity index is 3.40. The van der Waals surface area contributed by atoms with Gasteiger partial charge in [-0.15, -0.1) is 0 Å². The van der Waals surface area contributed by atoms with E-state index in [1.807, 2.05) is 0 Å². The molecule has 0 saturated carbocycles. The Bertz CT molecular complexity index is 459. The van der Waals surface area contributed by atoms with E-state index in [-0.39, 0.29) is 0 Å². The molecule has 1 fully saturated rings. The number of allylic oxidation sites excluding steroid dienone is 1. The molecule has 0 aliphatic carbocycles. The van der Waals surface area contributed by atoms with Crippen LogP contribution in [0.3, 0.4) is 0 Å². The Hall–Kier alpha value is -0.743. The van der Waals surface area contributed by atoms with E-state index in [2.05, 4.69) is 0 Å². The lowest BCUT2D eigenvalue weighted by atomic mass is 9.79. The van der Waals surface area contributed by atoms with Gasteiger partial charge in [0.1, 0.15) is 11.2 Å². The zero-order valence-electron chi connectivity index (χ0n) is 13.0. The highest BCUT2D eigenvalue weighted by Gasteiger charge is 2.70. The number of hydrogen-bond acceptors (Lipinski definition) is 3. The first kappa shape index (κ1) is 19.3. The highest BCUT2D eigenvalue weighted by molar-refractivity contribution is 6.69. The highest BCUT2D eigenvalue weighted by atomic mass is 28.4. The van der Waals surface area contributed by atoms with Gasteiger partial charge < -0.3 is 13.9 Å². The summed E-state index contributed by atoms with van der Waals surface area (Å²) in [4.78, 5) is 0. The third-order valence-corrected chi connectivity index (χ3v) is 3.95. The lowest BCUT2D eigenvalue weighted by Crippen LogP contribution is -2.65. The number of ether oxygens (including phenoxy) is 2. The van der Waals surface area contributed by atoms with Crippen molar-refractivity contribution in [3.05, 3.63) is 11.3 Å². The molecule has 0 aromatic carbocycles. The predicted molar refractivity (Wildman–Crippen MR) is 68.2 cm³/mol. The van der Waals surface area contributed by atoms with Gasteiger partial charge in [-0.2, -0.15) is 26.3 Å². The summed E-state index contributed by atoms with van der Waals surface area (Å²) in [5, 5.41) is 0. The minimum Gasteiger partial charge on any atom is -0.442 e. The van der Waals surface area contributed by atoms with E-state index in [9.17, 15) is 26.3 Å². The molecule has 1 atom stereocenters. The van der Waals surface area contributed by atoms with E-state index in [1.54, 1.807) is 19.6 Å². The molecule has 1 saturated heterocycles. The number of halogens is 6. The van der Waals surface area contributed by atoms with Crippen molar-refractivity contribution in [2.45, 2.75) is 51.8 Å². The quantitative estimate of drug-likeness (QED) is 0.423. The smallest absolute Gasteiger partial charge is 0.424 e. The maximum atomic E-state index is 12.8. The second-order valence-corrected chi connectivity index (χ2v) is 10.8. The van der Waals surface area contributed by atoms with Crippen LogP contribution in [0, 0.1) is 5.41 Å². The molecule has 22 heavy (non-hydrogen) atoms. The predicted octanol–water partition coefficient (Wildman–Crippen LogP) is 4.57. The van der Waals surface area contributed by atoms with Gasteiger partial charge in [-0.25, -0.2) is 0 Å². The highest BCUT2D eigenvalue weighted by Crippen LogP contribution is 2.59. The molecular formula is C12H18F6O3Si. The van der Waals surface area contributed by atoms with Crippen molar-refractivity contribution in [2.75, 3.05) is 7.11 Å². The molecule has 1 aliphatic heterocycles. The van der Waals surface area contributed by atoms with Crippen molar-refractivity contribution in [3.8, 4) is 0 Å². The van der Waals surface area contributed by atoms with Crippen LogP contribution < -0.4 is 0 Å². The first-order chi connectivity index (χ1) is 9.48. The Morgan fingerprint density at radius 2 is 1.41 bits per heavy atom. The molecule has 0 N–H and O–H groups in total. The fraction of sp³-hybridized carbons (Fsp3) is 0.833. The van der Waals surface area contributed by atoms with Crippen LogP contribution in [0.25, 0.3) is 0 Å². The van der Waals surface area contributed by atoms with Crippen molar-refractivity contribution in [1.29, 1.82) is 0 Å². The van der Waals surface area contributed by atoms with Gasteiger partial charge in [-0.3, -0.25) is 0 Å². The zero-order valence-corrected chi connectivity index (χ0v) is 14.0. The van der Waals surface area contributed by atoms with E-state index in [0.717, 1.165) is 21.0 Å². The van der Waals surface area contributed by atoms with E-state index < -0.39 is 43.4 Å². The van der Waals surface area contributed by atoms with Crippen molar-refractivity contribution in [1.82, 2.24) is 0 Å². The molecule has 10 heteroatoms. The van der Waals surface area contributed by atoms with E-state index >= 15 is 0 Å². The molecule has 1 unspecified atom stereocenters. The summed E-state index contributed by atoms with van der Waals surface area (Å²) in [7, 11) is -1.25. The summed E-state index contributed by atoms with van der Waals surface area (Å²) in [5.41, 5.74) is -4.42. The zero-order chi connectivity index (χ0) is 17.8. The van der Waals surface area contributed by atoms with Crippen molar-refractivity contribution < 1.29 is 40.2 Å². The molecule has 0 aromatic rings. The Labute approximate surface area is 125 Å². The molecule has 130 valence electrons. The number of alkyl halides is 6. The summed E-state index contributed by atoms with van der Waals surface area (Å²) < 4.78 is 92.1. The van der Waals surface area contributed by atoms with Gasteiger partial charge in [0.2, 0.25) is 0 Å². The lowest BCUT2D eigenvalue weighted by Gasteiger charge is -2.56. The lowest BCUT2D eigenvalue weighted by molar-refractivity contribution is -0.435. The molecule has 0 bridgehead atoms. The summed E-state index contributed by atoms with van der Waals surface area (Å²) in [6.07, 6.45) is -11.2. The fourth-order valence-corrected chi connectivity index (χ4v) is 3.34. The van der Waals surface area contributed by atoms with Gasteiger partial charge in [-0.1, -0.05) is 0 Å². The molecule has 3 nitrogen and oxygen atoms in total. The SMILES string of the molecule is COC1(O[Si](C)(C)C)OC(=C(C(F)(F)F)C(F)(F)F)C1(C)C. The van der Waals surface area contributed by atoms with E-state index in [1.165, 1.54) is 0 Å². The average Bonchev–Trinajstić information content (AvgIpc) is 2.21. The summed E-state index contributed by atoms with van der Waals surface area (Å²) in [6, 6.07) is 0. The molecule has 1 aliphatic rings. The van der Waals surface area contributed by atoms with Crippen LogP contribution in [0.1, 0.15) is 13.8 Å².